The Morgan fingerprint density at radius 3 is 2.59 bits per heavy atom. The zero-order valence-electron chi connectivity index (χ0n) is 17.9. The number of ether oxygens (including phenoxy) is 3. The molecule has 0 saturated carbocycles. The van der Waals surface area contributed by atoms with Crippen LogP contribution in [0.1, 0.15) is 37.5 Å². The third-order valence-electron chi connectivity index (χ3n) is 5.03. The average molecular weight is 471 g/mol. The van der Waals surface area contributed by atoms with E-state index in [1.807, 2.05) is 42.6 Å². The van der Waals surface area contributed by atoms with Gasteiger partial charge in [0.1, 0.15) is 4.88 Å². The second kappa shape index (κ2) is 9.54. The first-order valence-electron chi connectivity index (χ1n) is 9.89. The van der Waals surface area contributed by atoms with Crippen molar-refractivity contribution in [2.45, 2.75) is 19.4 Å². The summed E-state index contributed by atoms with van der Waals surface area (Å²) in [5.41, 5.74) is 1.67. The third-order valence-corrected chi connectivity index (χ3v) is 6.93. The van der Waals surface area contributed by atoms with Crippen LogP contribution >= 0.6 is 22.7 Å². The van der Waals surface area contributed by atoms with Crippen LogP contribution in [0.15, 0.2) is 52.9 Å². The lowest BCUT2D eigenvalue weighted by Crippen LogP contribution is -2.31. The van der Waals surface area contributed by atoms with Crippen molar-refractivity contribution >= 4 is 40.3 Å². The van der Waals surface area contributed by atoms with Gasteiger partial charge in [0, 0.05) is 11.3 Å². The van der Waals surface area contributed by atoms with Crippen LogP contribution in [0.25, 0.3) is 0 Å². The van der Waals surface area contributed by atoms with Gasteiger partial charge >= 0.3 is 5.97 Å². The number of methoxy groups -OCH3 is 2. The summed E-state index contributed by atoms with van der Waals surface area (Å²) in [6, 6.07) is 12.7. The Bertz CT molecular complexity index is 1150. The van der Waals surface area contributed by atoms with E-state index in [0.29, 0.717) is 22.8 Å². The molecule has 0 N–H and O–H groups in total. The highest BCUT2D eigenvalue weighted by molar-refractivity contribution is 7.13. The lowest BCUT2D eigenvalue weighted by atomic mass is 10.0. The number of esters is 1. The molecule has 0 fully saturated rings. The lowest BCUT2D eigenvalue weighted by Gasteiger charge is -2.22. The fourth-order valence-electron chi connectivity index (χ4n) is 3.46. The molecule has 0 aliphatic carbocycles. The minimum atomic E-state index is -0.513. The summed E-state index contributed by atoms with van der Waals surface area (Å²) in [6.45, 7) is 1.52. The van der Waals surface area contributed by atoms with Crippen LogP contribution in [0.2, 0.25) is 0 Å². The highest BCUT2D eigenvalue weighted by Gasteiger charge is 2.34. The SMILES string of the molecule is COc1ccc(C2CC(c3cccs3)=NN2C(=O)COC(=O)c2ccc(C)s2)cc1OC. The molecule has 4 rings (SSSR count). The van der Waals surface area contributed by atoms with Gasteiger partial charge < -0.3 is 14.2 Å². The Kier molecular flexibility index (Phi) is 6.57. The van der Waals surface area contributed by atoms with E-state index in [1.165, 1.54) is 16.3 Å². The van der Waals surface area contributed by atoms with Gasteiger partial charge in [-0.15, -0.1) is 22.7 Å². The number of nitrogens with zero attached hydrogens (tertiary/aromatic N) is 2. The first-order valence-corrected chi connectivity index (χ1v) is 11.6. The topological polar surface area (TPSA) is 77.4 Å². The Morgan fingerprint density at radius 2 is 1.94 bits per heavy atom. The molecule has 0 radical (unpaired) electrons. The number of carbonyl (C=O) groups excluding carboxylic acids is 2. The summed E-state index contributed by atoms with van der Waals surface area (Å²) in [5.74, 6) is 0.270. The van der Waals surface area contributed by atoms with Crippen molar-refractivity contribution in [3.63, 3.8) is 0 Å². The first-order chi connectivity index (χ1) is 15.5. The summed E-state index contributed by atoms with van der Waals surface area (Å²) in [5, 5.41) is 7.97. The van der Waals surface area contributed by atoms with Crippen LogP contribution in [-0.4, -0.2) is 43.4 Å². The molecule has 1 aliphatic heterocycles. The van der Waals surface area contributed by atoms with Gasteiger partial charge in [-0.25, -0.2) is 9.80 Å². The zero-order valence-corrected chi connectivity index (χ0v) is 19.5. The van der Waals surface area contributed by atoms with E-state index in [-0.39, 0.29) is 12.6 Å². The largest absolute Gasteiger partial charge is 0.493 e. The van der Waals surface area contributed by atoms with Gasteiger partial charge in [0.15, 0.2) is 18.1 Å². The van der Waals surface area contributed by atoms with Gasteiger partial charge in [-0.2, -0.15) is 5.10 Å². The van der Waals surface area contributed by atoms with Gasteiger partial charge in [-0.05, 0) is 48.2 Å². The normalized spacial score (nSPS) is 15.4. The average Bonchev–Trinajstić information content (AvgIpc) is 3.57. The van der Waals surface area contributed by atoms with E-state index in [2.05, 4.69) is 5.10 Å². The highest BCUT2D eigenvalue weighted by atomic mass is 32.1. The molecule has 1 unspecified atom stereocenters. The number of carbonyl (C=O) groups is 2. The molecule has 1 atom stereocenters. The van der Waals surface area contributed by atoms with Crippen LogP contribution < -0.4 is 9.47 Å². The quantitative estimate of drug-likeness (QED) is 0.469. The Morgan fingerprint density at radius 1 is 1.12 bits per heavy atom. The van der Waals surface area contributed by atoms with Crippen molar-refractivity contribution in [3.8, 4) is 11.5 Å². The Balaban J connectivity index is 1.57. The number of aryl methyl sites for hydroxylation is 1. The van der Waals surface area contributed by atoms with Crippen molar-refractivity contribution < 1.29 is 23.8 Å². The summed E-state index contributed by atoms with van der Waals surface area (Å²) in [6.07, 6.45) is 0.541. The molecular formula is C23H22N2O5S2. The summed E-state index contributed by atoms with van der Waals surface area (Å²) < 4.78 is 16.0. The smallest absolute Gasteiger partial charge is 0.348 e. The van der Waals surface area contributed by atoms with Gasteiger partial charge in [-0.1, -0.05) is 12.1 Å². The molecular weight excluding hydrogens is 448 g/mol. The molecule has 7 nitrogen and oxygen atoms in total. The van der Waals surface area contributed by atoms with Crippen LogP contribution in [0.4, 0.5) is 0 Å². The zero-order chi connectivity index (χ0) is 22.7. The Labute approximate surface area is 193 Å². The fourth-order valence-corrected chi connectivity index (χ4v) is 4.94. The maximum atomic E-state index is 13.1. The van der Waals surface area contributed by atoms with Crippen LogP contribution in [0.5, 0.6) is 11.5 Å². The number of thiophene rings is 2. The van der Waals surface area contributed by atoms with E-state index in [4.69, 9.17) is 14.2 Å². The minimum Gasteiger partial charge on any atom is -0.493 e. The molecule has 0 spiro atoms. The van der Waals surface area contributed by atoms with E-state index < -0.39 is 11.9 Å². The molecule has 2 aromatic heterocycles. The number of rotatable bonds is 7. The molecule has 1 aliphatic rings. The molecule has 1 aromatic carbocycles. The molecule has 0 bridgehead atoms. The maximum Gasteiger partial charge on any atom is 0.348 e. The summed E-state index contributed by atoms with van der Waals surface area (Å²) in [4.78, 5) is 27.8. The highest BCUT2D eigenvalue weighted by Crippen LogP contribution is 2.37. The molecule has 1 amide bonds. The van der Waals surface area contributed by atoms with Crippen LogP contribution in [-0.2, 0) is 9.53 Å². The predicted molar refractivity (Wildman–Crippen MR) is 124 cm³/mol. The minimum absolute atomic E-state index is 0.345. The van der Waals surface area contributed by atoms with E-state index in [1.54, 1.807) is 37.7 Å². The number of hydrazone groups is 1. The molecule has 9 heteroatoms. The number of hydrogen-bond donors (Lipinski definition) is 0. The predicted octanol–water partition coefficient (Wildman–Crippen LogP) is 4.67. The fraction of sp³-hybridized carbons (Fsp3) is 0.261. The number of benzene rings is 1. The van der Waals surface area contributed by atoms with Gasteiger partial charge in [0.05, 0.1) is 30.9 Å². The molecule has 166 valence electrons. The van der Waals surface area contributed by atoms with Crippen LogP contribution in [0.3, 0.4) is 0 Å². The van der Waals surface area contributed by atoms with Gasteiger partial charge in [0.2, 0.25) is 0 Å². The molecule has 3 heterocycles. The Hall–Kier alpha value is -3.17. The standard InChI is InChI=1S/C23H22N2O5S2/c1-14-6-9-21(32-14)23(27)30-13-22(26)25-17(12-16(24-25)20-5-4-10-31-20)15-7-8-18(28-2)19(11-15)29-3/h4-11,17H,12-13H2,1-3H3. The second-order valence-electron chi connectivity index (χ2n) is 7.08. The van der Waals surface area contributed by atoms with Crippen molar-refractivity contribution in [1.29, 1.82) is 0 Å². The first kappa shape index (κ1) is 22.0. The van der Waals surface area contributed by atoms with Gasteiger partial charge in [0.25, 0.3) is 5.91 Å². The second-order valence-corrected chi connectivity index (χ2v) is 9.32. The number of hydrogen-bond acceptors (Lipinski definition) is 8. The number of amides is 1. The van der Waals surface area contributed by atoms with Crippen molar-refractivity contribution in [2.75, 3.05) is 20.8 Å². The van der Waals surface area contributed by atoms with E-state index in [9.17, 15) is 9.59 Å². The van der Waals surface area contributed by atoms with Crippen LogP contribution in [0, 0.1) is 6.92 Å². The maximum absolute atomic E-state index is 13.1. The molecule has 32 heavy (non-hydrogen) atoms. The monoisotopic (exact) mass is 470 g/mol. The summed E-state index contributed by atoms with van der Waals surface area (Å²) >= 11 is 2.90. The third kappa shape index (κ3) is 4.53. The summed E-state index contributed by atoms with van der Waals surface area (Å²) in [7, 11) is 3.14. The van der Waals surface area contributed by atoms with Crippen molar-refractivity contribution in [2.24, 2.45) is 5.10 Å². The van der Waals surface area contributed by atoms with E-state index in [0.717, 1.165) is 21.0 Å². The van der Waals surface area contributed by atoms with Gasteiger partial charge in [-0.3, -0.25) is 4.79 Å². The lowest BCUT2D eigenvalue weighted by molar-refractivity contribution is -0.136. The van der Waals surface area contributed by atoms with Crippen molar-refractivity contribution in [3.05, 3.63) is 68.0 Å². The molecule has 3 aromatic rings. The van der Waals surface area contributed by atoms with E-state index >= 15 is 0 Å². The molecule has 0 saturated heterocycles. The van der Waals surface area contributed by atoms with Crippen molar-refractivity contribution in [1.82, 2.24) is 5.01 Å².